The van der Waals surface area contributed by atoms with E-state index in [4.69, 9.17) is 26.2 Å². The van der Waals surface area contributed by atoms with Crippen molar-refractivity contribution >= 4 is 33.5 Å². The van der Waals surface area contributed by atoms with Gasteiger partial charge in [-0.3, -0.25) is 4.79 Å². The molecule has 1 unspecified atom stereocenters. The maximum absolute atomic E-state index is 11.0. The Balaban J connectivity index is 2.26. The van der Waals surface area contributed by atoms with Gasteiger partial charge in [-0.05, 0) is 25.1 Å². The summed E-state index contributed by atoms with van der Waals surface area (Å²) in [6.07, 6.45) is 0. The van der Waals surface area contributed by atoms with Gasteiger partial charge in [0, 0.05) is 27.2 Å². The number of ether oxygens (including phenoxy) is 2. The smallest absolute Gasteiger partial charge is 0.320 e. The van der Waals surface area contributed by atoms with Crippen LogP contribution in [0.2, 0.25) is 5.02 Å². The van der Waals surface area contributed by atoms with Gasteiger partial charge in [-0.15, -0.1) is 0 Å². The molecule has 0 spiro atoms. The third-order valence-corrected chi connectivity index (χ3v) is 4.78. The number of carboxylic acids is 1. The summed E-state index contributed by atoms with van der Waals surface area (Å²) in [5.74, 6) is 0.189. The molecule has 7 heteroatoms. The van der Waals surface area contributed by atoms with E-state index in [-0.39, 0.29) is 6.61 Å². The third-order valence-electron chi connectivity index (χ3n) is 3.67. The van der Waals surface area contributed by atoms with Crippen LogP contribution in [0.15, 0.2) is 40.9 Å². The Morgan fingerprint density at radius 2 is 2.04 bits per heavy atom. The molecule has 0 saturated heterocycles. The summed E-state index contributed by atoms with van der Waals surface area (Å²) >= 11 is 9.66. The highest BCUT2D eigenvalue weighted by Crippen LogP contribution is 2.37. The highest BCUT2D eigenvalue weighted by molar-refractivity contribution is 9.10. The van der Waals surface area contributed by atoms with Gasteiger partial charge >= 0.3 is 5.97 Å². The van der Waals surface area contributed by atoms with Crippen LogP contribution in [-0.2, 0) is 17.9 Å². The van der Waals surface area contributed by atoms with Crippen molar-refractivity contribution in [2.45, 2.75) is 26.1 Å². The van der Waals surface area contributed by atoms with Gasteiger partial charge in [0.15, 0.2) is 11.5 Å². The van der Waals surface area contributed by atoms with Gasteiger partial charge in [-0.2, -0.15) is 0 Å². The lowest BCUT2D eigenvalue weighted by Crippen LogP contribution is -2.33. The van der Waals surface area contributed by atoms with Crippen LogP contribution in [0.5, 0.6) is 11.5 Å². The molecule has 0 aromatic heterocycles. The minimum atomic E-state index is -0.919. The van der Waals surface area contributed by atoms with E-state index < -0.39 is 12.0 Å². The lowest BCUT2D eigenvalue weighted by molar-refractivity contribution is -0.139. The summed E-state index contributed by atoms with van der Waals surface area (Å²) in [6, 6.07) is 10.4. The number of carbonyl (C=O) groups is 1. The molecule has 0 saturated carbocycles. The molecule has 2 aromatic carbocycles. The first-order valence-corrected chi connectivity index (χ1v) is 8.79. The SMILES string of the molecule is COc1ccc(Br)c(CNC(C)C(=O)O)c1OCc1ccccc1Cl. The first-order valence-electron chi connectivity index (χ1n) is 7.61. The Labute approximate surface area is 160 Å². The number of hydrogen-bond acceptors (Lipinski definition) is 4. The molecular formula is C18H19BrClNO4. The number of rotatable bonds is 8. The predicted molar refractivity (Wildman–Crippen MR) is 100 cm³/mol. The normalized spacial score (nSPS) is 11.8. The minimum Gasteiger partial charge on any atom is -0.493 e. The molecule has 25 heavy (non-hydrogen) atoms. The first kappa shape index (κ1) is 19.6. The molecule has 2 rings (SSSR count). The van der Waals surface area contributed by atoms with Crippen LogP contribution in [-0.4, -0.2) is 24.2 Å². The number of methoxy groups -OCH3 is 1. The van der Waals surface area contributed by atoms with E-state index >= 15 is 0 Å². The first-order chi connectivity index (χ1) is 11.9. The Morgan fingerprint density at radius 1 is 1.32 bits per heavy atom. The van der Waals surface area contributed by atoms with Gasteiger partial charge < -0.3 is 19.9 Å². The molecule has 0 aliphatic carbocycles. The zero-order valence-corrected chi connectivity index (χ0v) is 16.2. The van der Waals surface area contributed by atoms with Crippen molar-refractivity contribution < 1.29 is 19.4 Å². The predicted octanol–water partition coefficient (Wildman–Crippen LogP) is 4.25. The molecule has 0 fully saturated rings. The van der Waals surface area contributed by atoms with Crippen LogP contribution < -0.4 is 14.8 Å². The van der Waals surface area contributed by atoms with Crippen LogP contribution in [0.3, 0.4) is 0 Å². The van der Waals surface area contributed by atoms with Gasteiger partial charge in [0.25, 0.3) is 0 Å². The largest absolute Gasteiger partial charge is 0.493 e. The number of hydrogen-bond donors (Lipinski definition) is 2. The third kappa shape index (κ3) is 5.11. The zero-order valence-electron chi connectivity index (χ0n) is 13.9. The molecule has 2 aromatic rings. The van der Waals surface area contributed by atoms with Crippen molar-refractivity contribution in [2.24, 2.45) is 0 Å². The Bertz CT molecular complexity index is 754. The van der Waals surface area contributed by atoms with E-state index in [0.29, 0.717) is 23.1 Å². The van der Waals surface area contributed by atoms with Crippen molar-refractivity contribution in [1.29, 1.82) is 0 Å². The van der Waals surface area contributed by atoms with Gasteiger partial charge in [0.2, 0.25) is 0 Å². The van der Waals surface area contributed by atoms with E-state index in [9.17, 15) is 4.79 Å². The number of aliphatic carboxylic acids is 1. The second kappa shape index (κ2) is 9.08. The van der Waals surface area contributed by atoms with Crippen LogP contribution in [0.1, 0.15) is 18.1 Å². The quantitative estimate of drug-likeness (QED) is 0.658. The topological polar surface area (TPSA) is 67.8 Å². The Morgan fingerprint density at radius 3 is 2.68 bits per heavy atom. The molecular weight excluding hydrogens is 410 g/mol. The molecule has 1 atom stereocenters. The average molecular weight is 429 g/mol. The fraction of sp³-hybridized carbons (Fsp3) is 0.278. The van der Waals surface area contributed by atoms with Gasteiger partial charge in [0.1, 0.15) is 12.6 Å². The molecule has 5 nitrogen and oxygen atoms in total. The van der Waals surface area contributed by atoms with Crippen LogP contribution in [0.4, 0.5) is 0 Å². The van der Waals surface area contributed by atoms with E-state index in [2.05, 4.69) is 21.2 Å². The van der Waals surface area contributed by atoms with Crippen molar-refractivity contribution in [3.63, 3.8) is 0 Å². The molecule has 0 radical (unpaired) electrons. The number of benzene rings is 2. The maximum atomic E-state index is 11.0. The number of nitrogens with one attached hydrogen (secondary N) is 1. The number of carboxylic acid groups (broad SMARTS) is 1. The molecule has 0 bridgehead atoms. The maximum Gasteiger partial charge on any atom is 0.320 e. The van der Waals surface area contributed by atoms with Crippen LogP contribution in [0, 0.1) is 0 Å². The summed E-state index contributed by atoms with van der Waals surface area (Å²) in [4.78, 5) is 11.0. The average Bonchev–Trinajstić information content (AvgIpc) is 2.59. The Hall–Kier alpha value is -1.76. The summed E-state index contributed by atoms with van der Waals surface area (Å²) in [7, 11) is 1.56. The Kier molecular flexibility index (Phi) is 7.11. The highest BCUT2D eigenvalue weighted by Gasteiger charge is 2.17. The summed E-state index contributed by atoms with van der Waals surface area (Å²) in [6.45, 7) is 2.16. The summed E-state index contributed by atoms with van der Waals surface area (Å²) in [5.41, 5.74) is 1.63. The van der Waals surface area contributed by atoms with Crippen molar-refractivity contribution in [3.05, 3.63) is 57.0 Å². The lowest BCUT2D eigenvalue weighted by atomic mass is 10.1. The van der Waals surface area contributed by atoms with E-state index in [0.717, 1.165) is 15.6 Å². The molecule has 0 aliphatic rings. The van der Waals surface area contributed by atoms with Gasteiger partial charge in [-0.25, -0.2) is 0 Å². The van der Waals surface area contributed by atoms with Gasteiger partial charge in [-0.1, -0.05) is 45.7 Å². The van der Waals surface area contributed by atoms with Crippen molar-refractivity contribution in [3.8, 4) is 11.5 Å². The number of halogens is 2. The van der Waals surface area contributed by atoms with Gasteiger partial charge in [0.05, 0.1) is 7.11 Å². The zero-order chi connectivity index (χ0) is 18.4. The van der Waals surface area contributed by atoms with E-state index in [1.165, 1.54) is 0 Å². The molecule has 134 valence electrons. The second-order valence-corrected chi connectivity index (χ2v) is 6.64. The van der Waals surface area contributed by atoms with Crippen molar-refractivity contribution in [2.75, 3.05) is 7.11 Å². The van der Waals surface area contributed by atoms with Crippen molar-refractivity contribution in [1.82, 2.24) is 5.32 Å². The summed E-state index contributed by atoms with van der Waals surface area (Å²) < 4.78 is 12.2. The fourth-order valence-corrected chi connectivity index (χ4v) is 2.82. The minimum absolute atomic E-state index is 0.272. The molecule has 2 N–H and O–H groups in total. The lowest BCUT2D eigenvalue weighted by Gasteiger charge is -2.18. The fourth-order valence-electron chi connectivity index (χ4n) is 2.17. The van der Waals surface area contributed by atoms with E-state index in [1.807, 2.05) is 24.3 Å². The van der Waals surface area contributed by atoms with Crippen LogP contribution >= 0.6 is 27.5 Å². The standard InChI is InChI=1S/C18H19BrClNO4/c1-11(18(22)23)21-9-13-14(19)7-8-16(24-2)17(13)25-10-12-5-3-4-6-15(12)20/h3-8,11,21H,9-10H2,1-2H3,(H,22,23). The molecule has 0 heterocycles. The second-order valence-electron chi connectivity index (χ2n) is 5.38. The van der Waals surface area contributed by atoms with Crippen LogP contribution in [0.25, 0.3) is 0 Å². The highest BCUT2D eigenvalue weighted by atomic mass is 79.9. The summed E-state index contributed by atoms with van der Waals surface area (Å²) in [5, 5.41) is 12.6. The molecule has 0 amide bonds. The monoisotopic (exact) mass is 427 g/mol. The van der Waals surface area contributed by atoms with E-state index in [1.54, 1.807) is 26.2 Å². The molecule has 0 aliphatic heterocycles.